The Hall–Kier alpha value is -0.160. The van der Waals surface area contributed by atoms with Crippen molar-refractivity contribution in [1.29, 1.82) is 0 Å². The summed E-state index contributed by atoms with van der Waals surface area (Å²) in [6.45, 7) is 1.75. The lowest BCUT2D eigenvalue weighted by atomic mass is 10.0. The zero-order valence-electron chi connectivity index (χ0n) is 5.77. The molecule has 0 aromatic carbocycles. The van der Waals surface area contributed by atoms with E-state index in [2.05, 4.69) is 0 Å². The Morgan fingerprint density at radius 3 is 2.30 bits per heavy atom. The minimum atomic E-state index is -1.07. The Morgan fingerprint density at radius 1 is 1.20 bits per heavy atom. The van der Waals surface area contributed by atoms with Crippen molar-refractivity contribution in [2.75, 3.05) is 6.61 Å². The number of ether oxygens (including phenoxy) is 1. The molecule has 0 spiro atoms. The highest BCUT2D eigenvalue weighted by Gasteiger charge is 2.34. The standard InChI is InChI=1S/C6H12O4/c1-3-5(8)6(9)4(7)2-10-3/h3-9H,2H2,1H3/t3-,4?,5?,6?/m0/s1. The van der Waals surface area contributed by atoms with Gasteiger partial charge in [-0.05, 0) is 6.92 Å². The molecule has 4 atom stereocenters. The number of aliphatic hydroxyl groups is 3. The number of hydrogen-bond donors (Lipinski definition) is 3. The number of rotatable bonds is 0. The van der Waals surface area contributed by atoms with Crippen LogP contribution in [0.4, 0.5) is 0 Å². The normalized spacial score (nSPS) is 49.2. The molecular weight excluding hydrogens is 136 g/mol. The molecule has 1 rings (SSSR count). The van der Waals surface area contributed by atoms with Crippen LogP contribution < -0.4 is 0 Å². The highest BCUT2D eigenvalue weighted by Crippen LogP contribution is 2.14. The van der Waals surface area contributed by atoms with E-state index in [4.69, 9.17) is 20.1 Å². The molecule has 1 aliphatic heterocycles. The minimum absolute atomic E-state index is 0.0966. The summed E-state index contributed by atoms with van der Waals surface area (Å²) < 4.78 is 4.91. The number of hydrogen-bond acceptors (Lipinski definition) is 4. The van der Waals surface area contributed by atoms with E-state index in [-0.39, 0.29) is 6.61 Å². The fraction of sp³-hybridized carbons (Fsp3) is 1.00. The summed E-state index contributed by atoms with van der Waals surface area (Å²) >= 11 is 0. The Morgan fingerprint density at radius 2 is 1.80 bits per heavy atom. The molecule has 0 aliphatic carbocycles. The Labute approximate surface area is 59.1 Å². The van der Waals surface area contributed by atoms with Gasteiger partial charge in [0.1, 0.15) is 18.3 Å². The summed E-state index contributed by atoms with van der Waals surface area (Å²) in [5.41, 5.74) is 0. The van der Waals surface area contributed by atoms with E-state index in [1.807, 2.05) is 0 Å². The highest BCUT2D eigenvalue weighted by atomic mass is 16.5. The molecule has 4 heteroatoms. The topological polar surface area (TPSA) is 69.9 Å². The molecule has 1 aliphatic rings. The maximum absolute atomic E-state index is 9.08. The van der Waals surface area contributed by atoms with Crippen LogP contribution in [0.5, 0.6) is 0 Å². The molecule has 0 aromatic heterocycles. The summed E-state index contributed by atoms with van der Waals surface area (Å²) in [4.78, 5) is 0. The van der Waals surface area contributed by atoms with Gasteiger partial charge < -0.3 is 20.1 Å². The number of aliphatic hydroxyl groups excluding tert-OH is 3. The van der Waals surface area contributed by atoms with Crippen LogP contribution in [-0.2, 0) is 4.74 Å². The fourth-order valence-corrected chi connectivity index (χ4v) is 0.953. The van der Waals surface area contributed by atoms with Crippen molar-refractivity contribution in [1.82, 2.24) is 0 Å². The average molecular weight is 148 g/mol. The molecule has 1 saturated heterocycles. The first-order valence-corrected chi connectivity index (χ1v) is 3.28. The van der Waals surface area contributed by atoms with Gasteiger partial charge in [0.2, 0.25) is 0 Å². The first-order valence-electron chi connectivity index (χ1n) is 3.28. The van der Waals surface area contributed by atoms with E-state index in [1.165, 1.54) is 0 Å². The monoisotopic (exact) mass is 148 g/mol. The van der Waals surface area contributed by atoms with Gasteiger partial charge >= 0.3 is 0 Å². The molecule has 0 bridgehead atoms. The van der Waals surface area contributed by atoms with Gasteiger partial charge in [-0.15, -0.1) is 0 Å². The molecule has 0 amide bonds. The van der Waals surface area contributed by atoms with Gasteiger partial charge in [0.05, 0.1) is 12.7 Å². The van der Waals surface area contributed by atoms with E-state index in [0.29, 0.717) is 0 Å². The van der Waals surface area contributed by atoms with Crippen LogP contribution in [0, 0.1) is 0 Å². The first-order chi connectivity index (χ1) is 4.63. The zero-order chi connectivity index (χ0) is 7.72. The molecule has 1 fully saturated rings. The summed E-state index contributed by atoms with van der Waals surface area (Å²) in [5.74, 6) is 0. The molecule has 3 unspecified atom stereocenters. The lowest BCUT2D eigenvalue weighted by Crippen LogP contribution is -2.51. The molecule has 60 valence electrons. The van der Waals surface area contributed by atoms with Crippen molar-refractivity contribution >= 4 is 0 Å². The second-order valence-corrected chi connectivity index (χ2v) is 2.59. The van der Waals surface area contributed by atoms with Gasteiger partial charge in [-0.2, -0.15) is 0 Å². The molecule has 10 heavy (non-hydrogen) atoms. The Bertz CT molecular complexity index is 102. The third-order valence-corrected chi connectivity index (χ3v) is 1.75. The van der Waals surface area contributed by atoms with Gasteiger partial charge in [-0.1, -0.05) is 0 Å². The van der Waals surface area contributed by atoms with Gasteiger partial charge in [0.15, 0.2) is 0 Å². The molecule has 0 radical (unpaired) electrons. The quantitative estimate of drug-likeness (QED) is 0.390. The van der Waals surface area contributed by atoms with E-state index >= 15 is 0 Å². The Balaban J connectivity index is 2.52. The summed E-state index contributed by atoms with van der Waals surface area (Å²) in [6, 6.07) is 0. The first kappa shape index (κ1) is 7.94. The second kappa shape index (κ2) is 2.84. The minimum Gasteiger partial charge on any atom is -0.388 e. The summed E-state index contributed by atoms with van der Waals surface area (Å²) in [5, 5.41) is 27.0. The second-order valence-electron chi connectivity index (χ2n) is 2.59. The van der Waals surface area contributed by atoms with Crippen molar-refractivity contribution in [2.24, 2.45) is 0 Å². The fourth-order valence-electron chi connectivity index (χ4n) is 0.953. The van der Waals surface area contributed by atoms with Gasteiger partial charge in [-0.25, -0.2) is 0 Å². The van der Waals surface area contributed by atoms with Crippen LogP contribution in [0.1, 0.15) is 6.92 Å². The van der Waals surface area contributed by atoms with Crippen molar-refractivity contribution in [3.8, 4) is 0 Å². The third-order valence-electron chi connectivity index (χ3n) is 1.75. The Kier molecular flexibility index (Phi) is 2.25. The molecular formula is C6H12O4. The molecule has 3 N–H and O–H groups in total. The van der Waals surface area contributed by atoms with Gasteiger partial charge in [0.25, 0.3) is 0 Å². The predicted molar refractivity (Wildman–Crippen MR) is 33.4 cm³/mol. The summed E-state index contributed by atoms with van der Waals surface area (Å²) in [7, 11) is 0. The van der Waals surface area contributed by atoms with Crippen molar-refractivity contribution in [3.05, 3.63) is 0 Å². The molecule has 0 saturated carbocycles. The van der Waals surface area contributed by atoms with Crippen LogP contribution in [0.25, 0.3) is 0 Å². The van der Waals surface area contributed by atoms with Crippen LogP contribution in [0.15, 0.2) is 0 Å². The van der Waals surface area contributed by atoms with Crippen molar-refractivity contribution in [2.45, 2.75) is 31.3 Å². The molecule has 4 nitrogen and oxygen atoms in total. The van der Waals surface area contributed by atoms with E-state index in [0.717, 1.165) is 0 Å². The van der Waals surface area contributed by atoms with Crippen LogP contribution in [0.2, 0.25) is 0 Å². The van der Waals surface area contributed by atoms with Crippen molar-refractivity contribution < 1.29 is 20.1 Å². The smallest absolute Gasteiger partial charge is 0.110 e. The SMILES string of the molecule is C[C@@H]1OCC(O)C(O)C1O. The maximum atomic E-state index is 9.08. The predicted octanol–water partition coefficient (Wildman–Crippen LogP) is -1.51. The molecule has 1 heterocycles. The third kappa shape index (κ3) is 1.29. The van der Waals surface area contributed by atoms with Crippen LogP contribution in [-0.4, -0.2) is 46.3 Å². The van der Waals surface area contributed by atoms with Crippen LogP contribution >= 0.6 is 0 Å². The van der Waals surface area contributed by atoms with Gasteiger partial charge in [0, 0.05) is 0 Å². The lowest BCUT2D eigenvalue weighted by molar-refractivity contribution is -0.181. The van der Waals surface area contributed by atoms with Crippen molar-refractivity contribution in [3.63, 3.8) is 0 Å². The largest absolute Gasteiger partial charge is 0.388 e. The zero-order valence-corrected chi connectivity index (χ0v) is 5.77. The van der Waals surface area contributed by atoms with E-state index < -0.39 is 24.4 Å². The summed E-state index contributed by atoms with van der Waals surface area (Å²) in [6.07, 6.45) is -3.38. The van der Waals surface area contributed by atoms with E-state index in [9.17, 15) is 0 Å². The lowest BCUT2D eigenvalue weighted by Gasteiger charge is -2.33. The average Bonchev–Trinajstić information content (AvgIpc) is 1.93. The maximum Gasteiger partial charge on any atom is 0.110 e. The van der Waals surface area contributed by atoms with E-state index in [1.54, 1.807) is 6.92 Å². The van der Waals surface area contributed by atoms with Crippen LogP contribution in [0.3, 0.4) is 0 Å². The van der Waals surface area contributed by atoms with Gasteiger partial charge in [-0.3, -0.25) is 0 Å². The molecule has 0 aromatic rings. The highest BCUT2D eigenvalue weighted by molar-refractivity contribution is 4.83.